The van der Waals surface area contributed by atoms with Crippen LogP contribution in [-0.2, 0) is 52.2 Å². The van der Waals surface area contributed by atoms with Gasteiger partial charge < -0.3 is 67.8 Å². The van der Waals surface area contributed by atoms with E-state index in [1.807, 2.05) is 69.3 Å². The highest BCUT2D eigenvalue weighted by Crippen LogP contribution is 2.55. The van der Waals surface area contributed by atoms with E-state index in [9.17, 15) is 20.4 Å². The quantitative estimate of drug-likeness (QED) is 0.150. The predicted molar refractivity (Wildman–Crippen MR) is 260 cm³/mol. The number of aliphatic hydroxyl groups excluding tert-OH is 2. The molecule has 390 valence electrons. The van der Waals surface area contributed by atoms with Gasteiger partial charge in [-0.3, -0.25) is 4.79 Å². The minimum Gasteiger partial charge on any atom is -0.462 e. The highest BCUT2D eigenvalue weighted by Gasteiger charge is 2.70. The fraction of sp³-hybridized carbons (Fsp3) is 0.722. The number of rotatable bonds is 10. The van der Waals surface area contributed by atoms with Crippen LogP contribution in [0.25, 0.3) is 0 Å². The molecule has 2 bridgehead atoms. The number of carbonyl (C=O) groups is 1. The van der Waals surface area contributed by atoms with Crippen molar-refractivity contribution in [1.29, 1.82) is 0 Å². The lowest BCUT2D eigenvalue weighted by Gasteiger charge is -2.53. The monoisotopic (exact) mass is 999 g/mol. The lowest BCUT2D eigenvalue weighted by Crippen LogP contribution is -2.72. The van der Waals surface area contributed by atoms with Crippen molar-refractivity contribution < 1.29 is 72.6 Å². The third kappa shape index (κ3) is 10.8. The summed E-state index contributed by atoms with van der Waals surface area (Å²) >= 11 is 1.22. The molecule has 6 heterocycles. The molecule has 5 fully saturated rings. The van der Waals surface area contributed by atoms with Crippen LogP contribution in [-0.4, -0.2) is 155 Å². The van der Waals surface area contributed by atoms with Crippen LogP contribution in [0.4, 0.5) is 0 Å². The first-order chi connectivity index (χ1) is 33.3. The van der Waals surface area contributed by atoms with E-state index in [4.69, 9.17) is 47.4 Å². The molecule has 1 saturated carbocycles. The van der Waals surface area contributed by atoms with Crippen molar-refractivity contribution in [2.75, 3.05) is 20.8 Å². The van der Waals surface area contributed by atoms with Crippen LogP contribution in [0.1, 0.15) is 93.9 Å². The van der Waals surface area contributed by atoms with E-state index < -0.39 is 114 Å². The number of thioether (sulfide) groups is 1. The maximum Gasteiger partial charge on any atom is 0.313 e. The third-order valence-electron chi connectivity index (χ3n) is 16.1. The number of hydrogen-bond acceptors (Lipinski definition) is 16. The SMILES string of the molecule is CC[C@H](C)[C@H]1O[C@]2(C=C[C@@H]1C)C[C@@H]1C[C@@H](C/C=C(\C)[C@@H](O[C@H]3C[C@H](OC)[C@@H](O[C@H]4C[C@H](OC)[C@@H](O)[C@H](C)O4)[C@H](C)O3)[C@@H](C)/C=C/C=C3\CO[C@@H]4[C@H](O)[C@](C)(O)[C@@H](Sc5ccccc5)[C@@H](C(=O)O1)[C@]34O)O2. The summed E-state index contributed by atoms with van der Waals surface area (Å²) in [6, 6.07) is 9.35. The molecule has 22 atom stereocenters. The standard InChI is InChI=1S/C54H78O15S/c1-11-29(2)46-32(5)22-23-53(69-46)27-37-24-36(68-53)21-20-31(4)45(66-42-26-40(61-10)47(34(7)64-42)67-41-25-39(60-9)44(55)33(6)63-41)30(3)16-15-17-35-28-62-49-48(56)52(8,58)50(70-38-18-13-12-14-19-38)43(51(57)65-37)54(35,49)59/h12-20,22-23,29-30,32-34,36-37,39-50,55-56,58-59H,11,21,24-28H2,1-10H3/b16-15+,31-20+,35-17+/t29-,30-,32-,33-,34-,36+,37-,39-,40-,41-,42-,43-,44-,45-,46+,47-,48-,49+,50-,52-,53+,54+/m0/s1. The summed E-state index contributed by atoms with van der Waals surface area (Å²) < 4.78 is 64.4. The predicted octanol–water partition coefficient (Wildman–Crippen LogP) is 6.34. The van der Waals surface area contributed by atoms with Gasteiger partial charge in [0, 0.05) is 56.6 Å². The van der Waals surface area contributed by atoms with Crippen molar-refractivity contribution in [3.05, 3.63) is 77.9 Å². The molecule has 70 heavy (non-hydrogen) atoms. The van der Waals surface area contributed by atoms with Crippen LogP contribution in [0.15, 0.2) is 82.8 Å². The van der Waals surface area contributed by atoms with Gasteiger partial charge in [0.2, 0.25) is 0 Å². The summed E-state index contributed by atoms with van der Waals surface area (Å²) in [5.41, 5.74) is -2.65. The number of methoxy groups -OCH3 is 2. The van der Waals surface area contributed by atoms with Gasteiger partial charge in [-0.2, -0.15) is 0 Å². The first-order valence-corrected chi connectivity index (χ1v) is 26.3. The van der Waals surface area contributed by atoms with Crippen molar-refractivity contribution in [2.45, 2.75) is 207 Å². The summed E-state index contributed by atoms with van der Waals surface area (Å²) in [5, 5.41) is 46.9. The summed E-state index contributed by atoms with van der Waals surface area (Å²) in [6.07, 6.45) is 5.24. The van der Waals surface area contributed by atoms with Gasteiger partial charge in [-0.1, -0.05) is 82.7 Å². The largest absolute Gasteiger partial charge is 0.462 e. The van der Waals surface area contributed by atoms with Crippen molar-refractivity contribution in [3.8, 4) is 0 Å². The maximum atomic E-state index is 15.2. The second-order valence-electron chi connectivity index (χ2n) is 21.1. The van der Waals surface area contributed by atoms with Gasteiger partial charge in [-0.15, -0.1) is 11.8 Å². The Morgan fingerprint density at radius 3 is 2.30 bits per heavy atom. The Morgan fingerprint density at radius 1 is 0.886 bits per heavy atom. The van der Waals surface area contributed by atoms with Gasteiger partial charge in [0.1, 0.15) is 47.6 Å². The minimum absolute atomic E-state index is 0.0956. The molecule has 0 unspecified atom stereocenters. The first kappa shape index (κ1) is 53.8. The molecule has 1 spiro atoms. The lowest BCUT2D eigenvalue weighted by molar-refractivity contribution is -0.318. The number of allylic oxidation sites excluding steroid dienone is 2. The number of hydrogen-bond donors (Lipinski definition) is 4. The zero-order chi connectivity index (χ0) is 50.3. The van der Waals surface area contributed by atoms with Gasteiger partial charge in [0.25, 0.3) is 0 Å². The Morgan fingerprint density at radius 2 is 1.59 bits per heavy atom. The topological polar surface area (TPSA) is 190 Å². The Labute approximate surface area is 418 Å². The average molecular weight is 999 g/mol. The molecule has 15 nitrogen and oxygen atoms in total. The molecule has 4 saturated heterocycles. The molecule has 0 amide bonds. The van der Waals surface area contributed by atoms with E-state index in [0.717, 1.165) is 16.9 Å². The highest BCUT2D eigenvalue weighted by atomic mass is 32.2. The molecule has 0 radical (unpaired) electrons. The molecule has 1 aromatic carbocycles. The highest BCUT2D eigenvalue weighted by molar-refractivity contribution is 8.00. The van der Waals surface area contributed by atoms with E-state index in [1.54, 1.807) is 27.2 Å². The molecule has 4 N–H and O–H groups in total. The van der Waals surface area contributed by atoms with E-state index >= 15 is 4.79 Å². The average Bonchev–Trinajstić information content (AvgIpc) is 3.66. The van der Waals surface area contributed by atoms with Crippen molar-refractivity contribution in [1.82, 2.24) is 0 Å². The van der Waals surface area contributed by atoms with E-state index in [1.165, 1.54) is 18.7 Å². The normalized spacial score (nSPS) is 48.1. The number of aliphatic hydroxyl groups is 4. The van der Waals surface area contributed by atoms with Gasteiger partial charge >= 0.3 is 5.97 Å². The Balaban J connectivity index is 1.14. The molecule has 8 rings (SSSR count). The van der Waals surface area contributed by atoms with Crippen LogP contribution in [0.2, 0.25) is 0 Å². The zero-order valence-corrected chi connectivity index (χ0v) is 43.3. The number of benzene rings is 1. The molecule has 1 aliphatic carbocycles. The second kappa shape index (κ2) is 22.1. The van der Waals surface area contributed by atoms with E-state index in [2.05, 4.69) is 32.9 Å². The minimum atomic E-state index is -2.06. The lowest BCUT2D eigenvalue weighted by atomic mass is 9.63. The van der Waals surface area contributed by atoms with Gasteiger partial charge in [0.15, 0.2) is 18.4 Å². The summed E-state index contributed by atoms with van der Waals surface area (Å²) in [7, 11) is 3.21. The fourth-order valence-electron chi connectivity index (χ4n) is 11.8. The van der Waals surface area contributed by atoms with Crippen molar-refractivity contribution in [3.63, 3.8) is 0 Å². The van der Waals surface area contributed by atoms with Crippen molar-refractivity contribution in [2.24, 2.45) is 23.7 Å². The van der Waals surface area contributed by atoms with Crippen molar-refractivity contribution >= 4 is 17.7 Å². The van der Waals surface area contributed by atoms with E-state index in [-0.39, 0.29) is 36.9 Å². The van der Waals surface area contributed by atoms with Gasteiger partial charge in [0.05, 0.1) is 54.6 Å². The molecule has 1 aromatic rings. The molecular formula is C54H78O15S. The maximum absolute atomic E-state index is 15.2. The second-order valence-corrected chi connectivity index (χ2v) is 22.3. The Kier molecular flexibility index (Phi) is 17.0. The van der Waals surface area contributed by atoms with E-state index in [0.29, 0.717) is 31.3 Å². The fourth-order valence-corrected chi connectivity index (χ4v) is 13.2. The first-order valence-electron chi connectivity index (χ1n) is 25.4. The summed E-state index contributed by atoms with van der Waals surface area (Å²) in [5.74, 6) is -3.19. The molecule has 7 aliphatic rings. The number of ether oxygens (including phenoxy) is 10. The van der Waals surface area contributed by atoms with Crippen LogP contribution in [0.5, 0.6) is 0 Å². The molecule has 0 aromatic heterocycles. The zero-order valence-electron chi connectivity index (χ0n) is 42.5. The van der Waals surface area contributed by atoms with Crippen LogP contribution >= 0.6 is 11.8 Å². The molecular weight excluding hydrogens is 921 g/mol. The van der Waals surface area contributed by atoms with Crippen LogP contribution < -0.4 is 0 Å². The van der Waals surface area contributed by atoms with Crippen LogP contribution in [0.3, 0.4) is 0 Å². The number of esters is 1. The summed E-state index contributed by atoms with van der Waals surface area (Å²) in [6.45, 7) is 15.6. The number of fused-ring (bicyclic) bond motifs is 2. The van der Waals surface area contributed by atoms with Gasteiger partial charge in [-0.25, -0.2) is 0 Å². The smallest absolute Gasteiger partial charge is 0.313 e. The Hall–Kier alpha value is -2.52. The Bertz CT molecular complexity index is 2060. The third-order valence-corrected chi connectivity index (χ3v) is 17.6. The summed E-state index contributed by atoms with van der Waals surface area (Å²) in [4.78, 5) is 16.0. The van der Waals surface area contributed by atoms with Gasteiger partial charge in [-0.05, 0) is 69.4 Å². The number of carbonyl (C=O) groups excluding carboxylic acids is 1. The molecule has 16 heteroatoms. The van der Waals surface area contributed by atoms with Crippen LogP contribution in [0, 0.1) is 23.7 Å². The molecule has 6 aliphatic heterocycles.